The van der Waals surface area contributed by atoms with E-state index in [1.807, 2.05) is 42.3 Å². The molecule has 0 saturated heterocycles. The van der Waals surface area contributed by atoms with Gasteiger partial charge in [-0.3, -0.25) is 9.36 Å². The van der Waals surface area contributed by atoms with E-state index in [0.717, 1.165) is 65.4 Å². The van der Waals surface area contributed by atoms with Crippen LogP contribution in [0.4, 0.5) is 11.4 Å². The monoisotopic (exact) mass is 448 g/mol. The van der Waals surface area contributed by atoms with E-state index in [2.05, 4.69) is 20.9 Å². The van der Waals surface area contributed by atoms with Gasteiger partial charge in [-0.05, 0) is 67.6 Å². The molecule has 7 heteroatoms. The van der Waals surface area contributed by atoms with E-state index in [4.69, 9.17) is 11.6 Å². The van der Waals surface area contributed by atoms with Crippen LogP contribution < -0.4 is 10.2 Å². The number of benzene rings is 2. The van der Waals surface area contributed by atoms with Crippen LogP contribution in [0.25, 0.3) is 5.69 Å². The zero-order chi connectivity index (χ0) is 22.0. The molecule has 2 aliphatic heterocycles. The maximum absolute atomic E-state index is 13.5. The molecule has 1 fully saturated rings. The number of nitrogens with one attached hydrogen (secondary N) is 1. The summed E-state index contributed by atoms with van der Waals surface area (Å²) >= 11 is 6.14. The molecule has 1 aliphatic carbocycles. The molecule has 1 amide bonds. The van der Waals surface area contributed by atoms with Gasteiger partial charge in [0.05, 0.1) is 35.9 Å². The number of fused-ring (bicyclic) bond motifs is 4. The van der Waals surface area contributed by atoms with Crippen LogP contribution >= 0.6 is 11.6 Å². The van der Waals surface area contributed by atoms with Crippen molar-refractivity contribution in [2.45, 2.75) is 51.2 Å². The van der Waals surface area contributed by atoms with Crippen LogP contribution in [0.15, 0.2) is 36.5 Å². The summed E-state index contributed by atoms with van der Waals surface area (Å²) in [6.45, 7) is 3.29. The first-order chi connectivity index (χ1) is 15.5. The molecule has 1 aromatic heterocycles. The number of imidazole rings is 1. The highest BCUT2D eigenvalue weighted by Crippen LogP contribution is 2.39. The van der Waals surface area contributed by atoms with Crippen LogP contribution in [-0.4, -0.2) is 33.2 Å². The molecule has 2 N–H and O–H groups in total. The predicted octanol–water partition coefficient (Wildman–Crippen LogP) is 4.59. The van der Waals surface area contributed by atoms with Crippen LogP contribution in [0.3, 0.4) is 0 Å². The Morgan fingerprint density at radius 3 is 2.91 bits per heavy atom. The van der Waals surface area contributed by atoms with Gasteiger partial charge in [0.15, 0.2) is 0 Å². The topological polar surface area (TPSA) is 70.4 Å². The van der Waals surface area contributed by atoms with Gasteiger partial charge in [-0.25, -0.2) is 4.98 Å². The standard InChI is InChI=1S/C25H25ClN4O2/c1-14-9-22-20(27-12-17-13-28-24(30(17)22)18-3-2-4-23(18)31)11-19(14)25(32)29-8-7-15-10-16(26)5-6-21(15)29/h5-6,9-11,13,18,23,27,31H,2-4,7-8,12H2,1H3/t18-,23-/m1/s1. The van der Waals surface area contributed by atoms with Gasteiger partial charge in [-0.15, -0.1) is 0 Å². The van der Waals surface area contributed by atoms with Gasteiger partial charge in [0.1, 0.15) is 5.82 Å². The summed E-state index contributed by atoms with van der Waals surface area (Å²) in [6, 6.07) is 9.77. The highest BCUT2D eigenvalue weighted by molar-refractivity contribution is 6.30. The third-order valence-corrected chi connectivity index (χ3v) is 7.36. The van der Waals surface area contributed by atoms with Gasteiger partial charge in [0.2, 0.25) is 0 Å². The van der Waals surface area contributed by atoms with E-state index in [1.165, 1.54) is 0 Å². The Balaban J connectivity index is 1.39. The Kier molecular flexibility index (Phi) is 4.56. The van der Waals surface area contributed by atoms with Crippen molar-refractivity contribution >= 4 is 28.9 Å². The molecular weight excluding hydrogens is 424 g/mol. The van der Waals surface area contributed by atoms with Crippen molar-refractivity contribution in [2.75, 3.05) is 16.8 Å². The maximum Gasteiger partial charge on any atom is 0.258 e. The molecule has 0 radical (unpaired) electrons. The number of carbonyl (C=O) groups is 1. The fourth-order valence-electron chi connectivity index (χ4n) is 5.47. The number of hydrogen-bond donors (Lipinski definition) is 2. The molecular formula is C25H25ClN4O2. The van der Waals surface area contributed by atoms with E-state index in [9.17, 15) is 9.90 Å². The number of nitrogens with zero attached hydrogens (tertiary/aromatic N) is 3. The largest absolute Gasteiger partial charge is 0.392 e. The molecule has 6 nitrogen and oxygen atoms in total. The van der Waals surface area contributed by atoms with Crippen LogP contribution in [0.2, 0.25) is 5.02 Å². The minimum Gasteiger partial charge on any atom is -0.392 e. The highest BCUT2D eigenvalue weighted by Gasteiger charge is 2.34. The number of aliphatic hydroxyl groups is 1. The summed E-state index contributed by atoms with van der Waals surface area (Å²) in [6.07, 6.45) is 5.17. The van der Waals surface area contributed by atoms with Gasteiger partial charge in [-0.1, -0.05) is 18.0 Å². The van der Waals surface area contributed by atoms with Crippen molar-refractivity contribution < 1.29 is 9.90 Å². The molecule has 32 heavy (non-hydrogen) atoms. The predicted molar refractivity (Wildman–Crippen MR) is 125 cm³/mol. The minimum absolute atomic E-state index is 0.0102. The Morgan fingerprint density at radius 1 is 1.22 bits per heavy atom. The summed E-state index contributed by atoms with van der Waals surface area (Å²) in [5.41, 5.74) is 6.69. The second-order valence-electron chi connectivity index (χ2n) is 9.07. The fraction of sp³-hybridized carbons (Fsp3) is 0.360. The Hall–Kier alpha value is -2.83. The van der Waals surface area contributed by atoms with Crippen molar-refractivity contribution in [1.82, 2.24) is 9.55 Å². The summed E-state index contributed by atoms with van der Waals surface area (Å²) < 4.78 is 2.18. The Bertz CT molecular complexity index is 1250. The first kappa shape index (κ1) is 19.8. The van der Waals surface area contributed by atoms with Gasteiger partial charge in [0.25, 0.3) is 5.91 Å². The number of aliphatic hydroxyl groups excluding tert-OH is 1. The smallest absolute Gasteiger partial charge is 0.258 e. The number of halogens is 1. The maximum atomic E-state index is 13.5. The molecule has 6 rings (SSSR count). The van der Waals surface area contributed by atoms with Crippen molar-refractivity contribution in [1.29, 1.82) is 0 Å². The molecule has 3 aliphatic rings. The van der Waals surface area contributed by atoms with E-state index in [-0.39, 0.29) is 17.9 Å². The third-order valence-electron chi connectivity index (χ3n) is 7.13. The number of aryl methyl sites for hydroxylation is 1. The lowest BCUT2D eigenvalue weighted by Crippen LogP contribution is -2.30. The summed E-state index contributed by atoms with van der Waals surface area (Å²) in [7, 11) is 0. The molecule has 3 heterocycles. The summed E-state index contributed by atoms with van der Waals surface area (Å²) in [5.74, 6) is 0.997. The summed E-state index contributed by atoms with van der Waals surface area (Å²) in [4.78, 5) is 20.1. The van der Waals surface area contributed by atoms with Gasteiger partial charge in [-0.2, -0.15) is 0 Å². The lowest BCUT2D eigenvalue weighted by atomic mass is 10.0. The first-order valence-corrected chi connectivity index (χ1v) is 11.6. The van der Waals surface area contributed by atoms with Crippen molar-refractivity contribution in [3.8, 4) is 5.69 Å². The molecule has 2 atom stereocenters. The van der Waals surface area contributed by atoms with Crippen molar-refractivity contribution in [2.24, 2.45) is 0 Å². The second kappa shape index (κ2) is 7.36. The molecule has 0 spiro atoms. The fourth-order valence-corrected chi connectivity index (χ4v) is 5.67. The van der Waals surface area contributed by atoms with Crippen molar-refractivity contribution in [3.63, 3.8) is 0 Å². The Labute approximate surface area is 191 Å². The molecule has 3 aromatic rings. The number of rotatable bonds is 2. The quantitative estimate of drug-likeness (QED) is 0.601. The molecule has 2 aromatic carbocycles. The molecule has 164 valence electrons. The highest BCUT2D eigenvalue weighted by atomic mass is 35.5. The number of aromatic nitrogens is 2. The average molecular weight is 449 g/mol. The van der Waals surface area contributed by atoms with Gasteiger partial charge in [0, 0.05) is 28.7 Å². The van der Waals surface area contributed by atoms with E-state index in [1.54, 1.807) is 0 Å². The summed E-state index contributed by atoms with van der Waals surface area (Å²) in [5, 5.41) is 14.6. The SMILES string of the molecule is Cc1cc2c(cc1C(=O)N1CCc3cc(Cl)ccc31)NCc1cnc([C@@H]3CCC[C@H]3O)n1-2. The van der Waals surface area contributed by atoms with E-state index >= 15 is 0 Å². The number of amides is 1. The zero-order valence-corrected chi connectivity index (χ0v) is 18.7. The number of anilines is 2. The average Bonchev–Trinajstić information content (AvgIpc) is 3.50. The van der Waals surface area contributed by atoms with Crippen LogP contribution in [0.5, 0.6) is 0 Å². The van der Waals surface area contributed by atoms with Gasteiger partial charge >= 0.3 is 0 Å². The van der Waals surface area contributed by atoms with Crippen LogP contribution in [0.1, 0.15) is 58.2 Å². The van der Waals surface area contributed by atoms with Crippen LogP contribution in [0, 0.1) is 6.92 Å². The molecule has 1 saturated carbocycles. The lowest BCUT2D eigenvalue weighted by Gasteiger charge is -2.27. The van der Waals surface area contributed by atoms with Crippen molar-refractivity contribution in [3.05, 3.63) is 69.8 Å². The van der Waals surface area contributed by atoms with Gasteiger partial charge < -0.3 is 15.3 Å². The molecule has 0 bridgehead atoms. The second-order valence-corrected chi connectivity index (χ2v) is 9.50. The lowest BCUT2D eigenvalue weighted by molar-refractivity contribution is 0.0989. The number of carbonyl (C=O) groups excluding carboxylic acids is 1. The van der Waals surface area contributed by atoms with Crippen LogP contribution in [-0.2, 0) is 13.0 Å². The van der Waals surface area contributed by atoms with E-state index in [0.29, 0.717) is 23.7 Å². The first-order valence-electron chi connectivity index (χ1n) is 11.2. The third kappa shape index (κ3) is 2.97. The minimum atomic E-state index is -0.342. The zero-order valence-electron chi connectivity index (χ0n) is 17.9. The normalized spacial score (nSPS) is 21.2. The Morgan fingerprint density at radius 2 is 2.09 bits per heavy atom. The molecule has 0 unspecified atom stereocenters. The number of hydrogen-bond acceptors (Lipinski definition) is 4. The van der Waals surface area contributed by atoms with E-state index < -0.39 is 0 Å².